The molecule has 0 saturated heterocycles. The number of anilines is 1. The van der Waals surface area contributed by atoms with Crippen LogP contribution in [0.1, 0.15) is 47.3 Å². The van der Waals surface area contributed by atoms with Crippen molar-refractivity contribution >= 4 is 24.8 Å². The van der Waals surface area contributed by atoms with E-state index in [-0.39, 0.29) is 24.4 Å². The number of phosphoric ester groups is 1. The lowest BCUT2D eigenvalue weighted by atomic mass is 9.89. The Labute approximate surface area is 169 Å². The van der Waals surface area contributed by atoms with Gasteiger partial charge in [-0.15, -0.1) is 0 Å². The predicted octanol–water partition coefficient (Wildman–Crippen LogP) is 2.26. The number of fused-ring (bicyclic) bond motifs is 1. The lowest BCUT2D eigenvalue weighted by Crippen LogP contribution is -2.30. The van der Waals surface area contributed by atoms with E-state index in [1.54, 1.807) is 13.8 Å². The minimum absolute atomic E-state index is 0.171. The summed E-state index contributed by atoms with van der Waals surface area (Å²) in [6.07, 6.45) is 1.31. The van der Waals surface area contributed by atoms with Gasteiger partial charge in [0.2, 0.25) is 0 Å². The molecule has 0 saturated carbocycles. The van der Waals surface area contributed by atoms with Gasteiger partial charge in [0.1, 0.15) is 11.8 Å². The topological polar surface area (TPSA) is 155 Å². The summed E-state index contributed by atoms with van der Waals surface area (Å²) in [7, 11) is -4.22. The van der Waals surface area contributed by atoms with Gasteiger partial charge in [0.15, 0.2) is 17.7 Å². The lowest BCUT2D eigenvalue weighted by Gasteiger charge is -2.30. The van der Waals surface area contributed by atoms with Gasteiger partial charge in [-0.25, -0.2) is 19.5 Å². The first-order valence-electron chi connectivity index (χ1n) is 9.27. The summed E-state index contributed by atoms with van der Waals surface area (Å²) >= 11 is 0. The van der Waals surface area contributed by atoms with E-state index in [1.807, 2.05) is 20.8 Å². The van der Waals surface area contributed by atoms with Gasteiger partial charge in [0.05, 0.1) is 31.7 Å². The van der Waals surface area contributed by atoms with Gasteiger partial charge in [0.25, 0.3) is 0 Å². The van der Waals surface area contributed by atoms with Crippen molar-refractivity contribution < 1.29 is 28.3 Å². The average Bonchev–Trinajstić information content (AvgIpc) is 3.00. The summed E-state index contributed by atoms with van der Waals surface area (Å²) in [5.41, 5.74) is 6.43. The second-order valence-electron chi connectivity index (χ2n) is 8.16. The van der Waals surface area contributed by atoms with Crippen LogP contribution in [0, 0.1) is 5.41 Å². The number of nitrogens with two attached hydrogens (primary N) is 1. The summed E-state index contributed by atoms with van der Waals surface area (Å²) < 4.78 is 29.7. The molecule has 0 bridgehead atoms. The third-order valence-electron chi connectivity index (χ3n) is 3.81. The van der Waals surface area contributed by atoms with Crippen LogP contribution >= 0.6 is 7.82 Å². The number of rotatable bonds is 10. The first-order valence-corrected chi connectivity index (χ1v) is 10.8. The molecule has 0 amide bonds. The minimum Gasteiger partial charge on any atom is -0.392 e. The molecule has 0 aromatic carbocycles. The van der Waals surface area contributed by atoms with Crippen LogP contribution in [0.3, 0.4) is 0 Å². The first kappa shape index (κ1) is 23.7. The maximum Gasteiger partial charge on any atom is 0.472 e. The van der Waals surface area contributed by atoms with Crippen molar-refractivity contribution in [3.8, 4) is 0 Å². The standard InChI is InChI=1S/C17H30N5O6P/c1-11(2)28-29(24,25)26-8-12(6-17(3,4)5)27-13(7-23)22-10-21-14-15(18)19-9-20-16(14)22/h9-13,23H,6-8H2,1-5H3,(H,24,25)(H2,18,19,20)/t12-,13-/m1/s1. The number of hydrogen-bond acceptors (Lipinski definition) is 9. The zero-order valence-electron chi connectivity index (χ0n) is 17.3. The summed E-state index contributed by atoms with van der Waals surface area (Å²) in [6, 6.07) is 0. The van der Waals surface area contributed by atoms with Crippen LogP contribution < -0.4 is 5.73 Å². The molecule has 0 radical (unpaired) electrons. The highest BCUT2D eigenvalue weighted by molar-refractivity contribution is 7.47. The second kappa shape index (κ2) is 9.46. The van der Waals surface area contributed by atoms with Crippen molar-refractivity contribution in [1.29, 1.82) is 0 Å². The van der Waals surface area contributed by atoms with Gasteiger partial charge >= 0.3 is 7.82 Å². The van der Waals surface area contributed by atoms with E-state index in [0.717, 1.165) is 0 Å². The number of imidazole rings is 1. The van der Waals surface area contributed by atoms with E-state index >= 15 is 0 Å². The molecule has 0 aliphatic heterocycles. The maximum atomic E-state index is 12.1. The molecule has 164 valence electrons. The Morgan fingerprint density at radius 3 is 2.55 bits per heavy atom. The number of nitrogens with zero attached hydrogens (tertiary/aromatic N) is 4. The fraction of sp³-hybridized carbons (Fsp3) is 0.706. The van der Waals surface area contributed by atoms with E-state index < -0.39 is 26.3 Å². The Morgan fingerprint density at radius 1 is 1.28 bits per heavy atom. The molecule has 12 heteroatoms. The van der Waals surface area contributed by atoms with Gasteiger partial charge in [-0.1, -0.05) is 20.8 Å². The van der Waals surface area contributed by atoms with Gasteiger partial charge in [-0.05, 0) is 25.7 Å². The first-order chi connectivity index (χ1) is 13.4. The molecule has 0 spiro atoms. The summed E-state index contributed by atoms with van der Waals surface area (Å²) in [5, 5.41) is 9.90. The Kier molecular flexibility index (Phi) is 7.72. The van der Waals surface area contributed by atoms with E-state index in [9.17, 15) is 14.6 Å². The average molecular weight is 431 g/mol. The van der Waals surface area contributed by atoms with Crippen LogP contribution in [0.5, 0.6) is 0 Å². The number of nitrogen functional groups attached to an aromatic ring is 1. The normalized spacial score (nSPS) is 16.8. The molecule has 29 heavy (non-hydrogen) atoms. The molecule has 0 fully saturated rings. The van der Waals surface area contributed by atoms with Crippen LogP contribution in [0.15, 0.2) is 12.7 Å². The molecular formula is C17H30N5O6P. The van der Waals surface area contributed by atoms with Crippen LogP contribution in [0.4, 0.5) is 5.82 Å². The van der Waals surface area contributed by atoms with Gasteiger partial charge < -0.3 is 20.5 Å². The van der Waals surface area contributed by atoms with Crippen molar-refractivity contribution in [3.63, 3.8) is 0 Å². The number of aliphatic hydroxyl groups excluding tert-OH is 1. The largest absolute Gasteiger partial charge is 0.472 e. The number of ether oxygens (including phenoxy) is 1. The number of hydrogen-bond donors (Lipinski definition) is 3. The van der Waals surface area contributed by atoms with Gasteiger partial charge in [-0.2, -0.15) is 0 Å². The third kappa shape index (κ3) is 6.98. The molecule has 0 aliphatic carbocycles. The fourth-order valence-corrected chi connectivity index (χ4v) is 3.75. The molecule has 2 rings (SSSR count). The van der Waals surface area contributed by atoms with Crippen molar-refractivity contribution in [1.82, 2.24) is 19.5 Å². The van der Waals surface area contributed by atoms with E-state index in [0.29, 0.717) is 17.6 Å². The Balaban J connectivity index is 2.21. The molecule has 3 atom stereocenters. The molecule has 2 heterocycles. The molecule has 2 aromatic rings. The van der Waals surface area contributed by atoms with Gasteiger partial charge in [-0.3, -0.25) is 13.6 Å². The number of phosphoric acid groups is 1. The SMILES string of the molecule is CC(C)OP(=O)(O)OC[C@@H](CC(C)(C)C)O[C@H](CO)n1cnc2c(N)ncnc21. The van der Waals surface area contributed by atoms with Crippen molar-refractivity contribution in [2.45, 2.75) is 59.5 Å². The number of aromatic nitrogens is 4. The fourth-order valence-electron chi connectivity index (χ4n) is 2.80. The molecule has 0 aliphatic rings. The molecule has 2 aromatic heterocycles. The van der Waals surface area contributed by atoms with Crippen molar-refractivity contribution in [3.05, 3.63) is 12.7 Å². The summed E-state index contributed by atoms with van der Waals surface area (Å²) in [4.78, 5) is 22.1. The minimum atomic E-state index is -4.22. The zero-order valence-corrected chi connectivity index (χ0v) is 18.2. The summed E-state index contributed by atoms with van der Waals surface area (Å²) in [6.45, 7) is 8.69. The quantitative estimate of drug-likeness (QED) is 0.477. The second-order valence-corrected chi connectivity index (χ2v) is 9.57. The monoisotopic (exact) mass is 431 g/mol. The highest BCUT2D eigenvalue weighted by Gasteiger charge is 2.29. The van der Waals surface area contributed by atoms with Crippen LogP contribution in [0.2, 0.25) is 0 Å². The van der Waals surface area contributed by atoms with E-state index in [1.165, 1.54) is 17.2 Å². The van der Waals surface area contributed by atoms with Crippen molar-refractivity contribution in [2.75, 3.05) is 18.9 Å². The van der Waals surface area contributed by atoms with E-state index in [4.69, 9.17) is 19.5 Å². The van der Waals surface area contributed by atoms with Crippen LogP contribution in [0.25, 0.3) is 11.2 Å². The molecular weight excluding hydrogens is 401 g/mol. The Bertz CT molecular complexity index is 852. The summed E-state index contributed by atoms with van der Waals surface area (Å²) in [5.74, 6) is 0.215. The predicted molar refractivity (Wildman–Crippen MR) is 107 cm³/mol. The zero-order chi connectivity index (χ0) is 21.8. The maximum absolute atomic E-state index is 12.1. The van der Waals surface area contributed by atoms with Gasteiger partial charge in [0, 0.05) is 0 Å². The van der Waals surface area contributed by atoms with Crippen LogP contribution in [-0.2, 0) is 18.3 Å². The smallest absolute Gasteiger partial charge is 0.392 e. The number of aliphatic hydroxyl groups is 1. The highest BCUT2D eigenvalue weighted by atomic mass is 31.2. The third-order valence-corrected chi connectivity index (χ3v) is 4.97. The Morgan fingerprint density at radius 2 is 1.97 bits per heavy atom. The lowest BCUT2D eigenvalue weighted by molar-refractivity contribution is -0.106. The van der Waals surface area contributed by atoms with E-state index in [2.05, 4.69) is 15.0 Å². The molecule has 1 unspecified atom stereocenters. The highest BCUT2D eigenvalue weighted by Crippen LogP contribution is 2.45. The molecule has 11 nitrogen and oxygen atoms in total. The Hall–Kier alpha value is -1.62. The molecule has 4 N–H and O–H groups in total. The van der Waals surface area contributed by atoms with Crippen molar-refractivity contribution in [2.24, 2.45) is 5.41 Å². The van der Waals surface area contributed by atoms with Crippen LogP contribution in [-0.4, -0.2) is 54.9 Å².